The van der Waals surface area contributed by atoms with Gasteiger partial charge in [0.25, 0.3) is 0 Å². The van der Waals surface area contributed by atoms with Gasteiger partial charge in [-0.25, -0.2) is 0 Å². The summed E-state index contributed by atoms with van der Waals surface area (Å²) in [6, 6.07) is 9.79. The number of phenolic OH excluding ortho intramolecular Hbond substituents is 1. The predicted molar refractivity (Wildman–Crippen MR) is 235 cm³/mol. The number of nitrogens with zero attached hydrogens (tertiary/aromatic N) is 2. The first kappa shape index (κ1) is 49.8. The molecule has 1 aliphatic heterocycles. The number of unbranched alkanes of at least 4 members (excludes halogenated alkanes) is 11. The molecule has 0 radical (unpaired) electrons. The molecule has 0 unspecified atom stereocenters. The average Bonchev–Trinajstić information content (AvgIpc) is 3.23. The smallest absolute Gasteiger partial charge is 0.226 e. The number of likely N-dealkylation sites (N-methyl/N-ethyl adjacent to an activating group) is 1. The minimum Gasteiger partial charge on any atom is -0.507 e. The van der Waals surface area contributed by atoms with Crippen molar-refractivity contribution in [3.05, 3.63) is 47.5 Å². The first-order valence-corrected chi connectivity index (χ1v) is 22.5. The second kappa shape index (κ2) is 27.3. The van der Waals surface area contributed by atoms with Crippen molar-refractivity contribution >= 4 is 29.2 Å². The van der Waals surface area contributed by atoms with E-state index in [2.05, 4.69) is 12.2 Å². The predicted octanol–water partition coefficient (Wildman–Crippen LogP) is 7.81. The normalized spacial score (nSPS) is 17.2. The number of carbonyl (C=O) groups excluding carboxylic acids is 5. The molecule has 4 atom stereocenters. The van der Waals surface area contributed by atoms with Crippen LogP contribution in [-0.2, 0) is 30.4 Å². The molecule has 0 fully saturated rings. The summed E-state index contributed by atoms with van der Waals surface area (Å²) >= 11 is 0. The molecule has 1 heterocycles. The van der Waals surface area contributed by atoms with Crippen molar-refractivity contribution in [2.75, 3.05) is 26.7 Å². The number of rotatable bonds is 26. The van der Waals surface area contributed by atoms with E-state index in [9.17, 15) is 29.1 Å². The molecule has 0 spiro atoms. The Balaban J connectivity index is 1.94. The number of carbonyl (C=O) groups is 5. The number of nitrogens with one attached hydrogen (secondary N) is 1. The Morgan fingerprint density at radius 2 is 1.57 bits per heavy atom. The number of benzene rings is 2. The van der Waals surface area contributed by atoms with Gasteiger partial charge in [-0.05, 0) is 67.6 Å². The van der Waals surface area contributed by atoms with Crippen LogP contribution in [0.1, 0.15) is 153 Å². The molecule has 0 saturated carbocycles. The quantitative estimate of drug-likeness (QED) is 0.0677. The van der Waals surface area contributed by atoms with E-state index in [0.29, 0.717) is 60.2 Å². The van der Waals surface area contributed by atoms with Crippen molar-refractivity contribution in [2.24, 2.45) is 23.3 Å². The van der Waals surface area contributed by atoms with E-state index in [-0.39, 0.29) is 68.5 Å². The maximum absolute atomic E-state index is 14.6. The standard InChI is InChI=1S/C48H71N5O7/c1-4-5-6-7-8-9-10-11-12-13-14-19-38(54)32-37(18-15-16-25-49)48(59)53(3)46-36-22-24-45(60-28-27-51)40(33-36)39-30-35(21-23-42(39)55)31-41(43(56)20-17-26-50)52-47(58)34(2)29-44(46)57/h21-24,30,33-34,37,41,46,55H,4-20,25,27-29,31-32,49,51H2,1-3H3,(H,52,58)/t34-,37-,41+,46+/m1/s1. The fourth-order valence-electron chi connectivity index (χ4n) is 8.06. The van der Waals surface area contributed by atoms with Gasteiger partial charge in [-0.3, -0.25) is 24.0 Å². The third kappa shape index (κ3) is 16.1. The summed E-state index contributed by atoms with van der Waals surface area (Å²) in [5, 5.41) is 23.2. The lowest BCUT2D eigenvalue weighted by molar-refractivity contribution is -0.144. The summed E-state index contributed by atoms with van der Waals surface area (Å²) in [6.45, 7) is 4.67. The van der Waals surface area contributed by atoms with Gasteiger partial charge in [0, 0.05) is 68.7 Å². The number of nitriles is 1. The number of Topliss-reactive ketones (excluding diaryl/α,β-unsaturated/α-hetero) is 3. The fourth-order valence-corrected chi connectivity index (χ4v) is 8.06. The Bertz CT molecular complexity index is 1740. The topological polar surface area (TPSA) is 206 Å². The highest BCUT2D eigenvalue weighted by Gasteiger charge is 2.36. The molecular weight excluding hydrogens is 759 g/mol. The van der Waals surface area contributed by atoms with Gasteiger partial charge in [-0.2, -0.15) is 5.26 Å². The van der Waals surface area contributed by atoms with Gasteiger partial charge in [0.15, 0.2) is 11.6 Å². The summed E-state index contributed by atoms with van der Waals surface area (Å²) in [6.07, 6.45) is 14.9. The molecule has 2 aromatic rings. The molecule has 2 amide bonds. The maximum Gasteiger partial charge on any atom is 0.226 e. The molecule has 2 aromatic carbocycles. The number of nitrogens with two attached hydrogens (primary N) is 2. The van der Waals surface area contributed by atoms with Gasteiger partial charge in [0.2, 0.25) is 11.8 Å². The van der Waals surface area contributed by atoms with Gasteiger partial charge in [0.05, 0.1) is 12.1 Å². The van der Waals surface area contributed by atoms with Crippen LogP contribution >= 0.6 is 0 Å². The highest BCUT2D eigenvalue weighted by Crippen LogP contribution is 2.40. The minimum atomic E-state index is -1.16. The van der Waals surface area contributed by atoms with E-state index in [0.717, 1.165) is 25.7 Å². The zero-order valence-corrected chi connectivity index (χ0v) is 36.5. The van der Waals surface area contributed by atoms with Crippen molar-refractivity contribution in [2.45, 2.75) is 154 Å². The fraction of sp³-hybridized carbons (Fsp3) is 0.625. The van der Waals surface area contributed by atoms with Crippen molar-refractivity contribution in [3.63, 3.8) is 0 Å². The van der Waals surface area contributed by atoms with Crippen molar-refractivity contribution in [3.8, 4) is 28.7 Å². The Kier molecular flexibility index (Phi) is 22.6. The number of amides is 2. The lowest BCUT2D eigenvalue weighted by atomic mass is 9.88. The van der Waals surface area contributed by atoms with Crippen LogP contribution in [-0.4, -0.2) is 72.0 Å². The Hall–Kier alpha value is -4.60. The molecule has 1 aliphatic rings. The van der Waals surface area contributed by atoms with Gasteiger partial charge >= 0.3 is 0 Å². The SMILES string of the molecule is CCCCCCCCCCCCCC(=O)C[C@@H](CCCCN)C(=O)N(C)[C@@H]1C(=O)C[C@@H](C)C(=O)N[C@H](C(=O)CCC#N)Cc2ccc(O)c(c2)-c2cc1ccc2OCCN. The average molecular weight is 830 g/mol. The first-order valence-electron chi connectivity index (χ1n) is 22.5. The Labute approximate surface area is 358 Å². The maximum atomic E-state index is 14.6. The van der Waals surface area contributed by atoms with Crippen LogP contribution in [0.3, 0.4) is 0 Å². The lowest BCUT2D eigenvalue weighted by Crippen LogP contribution is -2.45. The lowest BCUT2D eigenvalue weighted by Gasteiger charge is -2.32. The first-order chi connectivity index (χ1) is 28.9. The van der Waals surface area contributed by atoms with Crippen molar-refractivity contribution < 1.29 is 33.8 Å². The van der Waals surface area contributed by atoms with Crippen LogP contribution in [0.2, 0.25) is 0 Å². The molecule has 330 valence electrons. The molecule has 60 heavy (non-hydrogen) atoms. The van der Waals surface area contributed by atoms with Crippen LogP contribution < -0.4 is 21.5 Å². The highest BCUT2D eigenvalue weighted by molar-refractivity contribution is 5.96. The summed E-state index contributed by atoms with van der Waals surface area (Å²) in [5.74, 6) is -2.83. The molecular formula is C48H71N5O7. The van der Waals surface area contributed by atoms with Gasteiger partial charge in [-0.15, -0.1) is 0 Å². The van der Waals surface area contributed by atoms with Crippen LogP contribution in [0.4, 0.5) is 0 Å². The highest BCUT2D eigenvalue weighted by atomic mass is 16.5. The van der Waals surface area contributed by atoms with Crippen molar-refractivity contribution in [1.29, 1.82) is 5.26 Å². The van der Waals surface area contributed by atoms with Crippen LogP contribution in [0.25, 0.3) is 11.1 Å². The zero-order chi connectivity index (χ0) is 43.9. The number of hydrogen-bond donors (Lipinski definition) is 4. The molecule has 4 bridgehead atoms. The summed E-state index contributed by atoms with van der Waals surface area (Å²) in [7, 11) is 1.56. The van der Waals surface area contributed by atoms with E-state index >= 15 is 0 Å². The molecule has 6 N–H and O–H groups in total. The van der Waals surface area contributed by atoms with Gasteiger partial charge in [-0.1, -0.05) is 96.6 Å². The van der Waals surface area contributed by atoms with E-state index < -0.39 is 35.6 Å². The largest absolute Gasteiger partial charge is 0.507 e. The molecule has 3 rings (SSSR count). The molecule has 0 aliphatic carbocycles. The second-order valence-electron chi connectivity index (χ2n) is 16.6. The van der Waals surface area contributed by atoms with Crippen LogP contribution in [0, 0.1) is 23.2 Å². The number of hydrogen-bond acceptors (Lipinski definition) is 10. The number of fused-ring (bicyclic) bond motifs is 5. The second-order valence-corrected chi connectivity index (χ2v) is 16.6. The summed E-state index contributed by atoms with van der Waals surface area (Å²) in [5.41, 5.74) is 13.5. The molecule has 12 nitrogen and oxygen atoms in total. The number of ether oxygens (including phenoxy) is 1. The third-order valence-electron chi connectivity index (χ3n) is 11.6. The van der Waals surface area contributed by atoms with Crippen molar-refractivity contribution in [1.82, 2.24) is 10.2 Å². The summed E-state index contributed by atoms with van der Waals surface area (Å²) < 4.78 is 6.02. The third-order valence-corrected chi connectivity index (χ3v) is 11.6. The van der Waals surface area contributed by atoms with E-state index in [4.69, 9.17) is 21.5 Å². The van der Waals surface area contributed by atoms with E-state index in [1.54, 1.807) is 44.3 Å². The Morgan fingerprint density at radius 1 is 0.883 bits per heavy atom. The summed E-state index contributed by atoms with van der Waals surface area (Å²) in [4.78, 5) is 70.9. The monoisotopic (exact) mass is 830 g/mol. The number of ketones is 3. The zero-order valence-electron chi connectivity index (χ0n) is 36.5. The number of phenols is 1. The van der Waals surface area contributed by atoms with E-state index in [1.807, 2.05) is 6.07 Å². The minimum absolute atomic E-state index is 0.0189. The van der Waals surface area contributed by atoms with Crippen LogP contribution in [0.15, 0.2) is 36.4 Å². The molecule has 0 saturated heterocycles. The Morgan fingerprint density at radius 3 is 2.22 bits per heavy atom. The van der Waals surface area contributed by atoms with E-state index in [1.165, 1.54) is 55.9 Å². The van der Waals surface area contributed by atoms with Gasteiger partial charge < -0.3 is 31.5 Å². The van der Waals surface area contributed by atoms with Gasteiger partial charge in [0.1, 0.15) is 29.9 Å². The number of aromatic hydroxyl groups is 1. The molecule has 12 heteroatoms. The van der Waals surface area contributed by atoms with Crippen LogP contribution in [0.5, 0.6) is 11.5 Å². The molecule has 0 aromatic heterocycles.